The molecule has 1 radical (unpaired) electrons. The van der Waals surface area contributed by atoms with Crippen LogP contribution in [-0.4, -0.2) is 0 Å². The second-order valence-electron chi connectivity index (χ2n) is 6.43. The van der Waals surface area contributed by atoms with Gasteiger partial charge in [-0.05, 0) is 18.3 Å². The Hall–Kier alpha value is 0. The van der Waals surface area contributed by atoms with Crippen LogP contribution < -0.4 is 0 Å². The molecule has 0 bridgehead atoms. The zero-order valence-corrected chi connectivity index (χ0v) is 14.3. The van der Waals surface area contributed by atoms with Gasteiger partial charge < -0.3 is 0 Å². The maximum Gasteiger partial charge on any atom is -0.0246 e. The van der Waals surface area contributed by atoms with E-state index in [-0.39, 0.29) is 0 Å². The lowest BCUT2D eigenvalue weighted by Crippen LogP contribution is -2.04. The molecule has 0 aliphatic rings. The highest BCUT2D eigenvalue weighted by Gasteiger charge is 2.09. The number of hydrogen-bond acceptors (Lipinski definition) is 0. The molecule has 0 N–H and O–H groups in total. The summed E-state index contributed by atoms with van der Waals surface area (Å²) >= 11 is 0. The molecule has 0 amide bonds. The maximum absolute atomic E-state index is 2.40. The summed E-state index contributed by atoms with van der Waals surface area (Å²) in [7, 11) is 0. The highest BCUT2D eigenvalue weighted by molar-refractivity contribution is 4.87. The fourth-order valence-corrected chi connectivity index (χ4v) is 2.71. The van der Waals surface area contributed by atoms with Gasteiger partial charge in [-0.1, -0.05) is 105 Å². The molecule has 0 aliphatic carbocycles. The third kappa shape index (κ3) is 12.8. The van der Waals surface area contributed by atoms with Crippen LogP contribution in [0.2, 0.25) is 0 Å². The van der Waals surface area contributed by atoms with Crippen LogP contribution in [0.3, 0.4) is 0 Å². The predicted octanol–water partition coefficient (Wildman–Crippen LogP) is 7.33. The van der Waals surface area contributed by atoms with Crippen molar-refractivity contribution in [2.75, 3.05) is 0 Å². The molecule has 0 aromatic carbocycles. The van der Waals surface area contributed by atoms with Crippen molar-refractivity contribution in [3.8, 4) is 0 Å². The van der Waals surface area contributed by atoms with Crippen molar-refractivity contribution in [3.63, 3.8) is 0 Å². The fraction of sp³-hybridized carbons (Fsp3) is 0.947. The maximum atomic E-state index is 2.40. The average molecular weight is 268 g/mol. The Morgan fingerprint density at radius 2 is 1.11 bits per heavy atom. The van der Waals surface area contributed by atoms with Crippen molar-refractivity contribution in [1.29, 1.82) is 0 Å². The Morgan fingerprint density at radius 3 is 1.53 bits per heavy atom. The van der Waals surface area contributed by atoms with Crippen LogP contribution in [0.5, 0.6) is 0 Å². The third-order valence-corrected chi connectivity index (χ3v) is 4.64. The summed E-state index contributed by atoms with van der Waals surface area (Å²) in [6, 6.07) is 0. The quantitative estimate of drug-likeness (QED) is 0.289. The van der Waals surface area contributed by atoms with Gasteiger partial charge in [-0.2, -0.15) is 0 Å². The molecule has 0 spiro atoms. The normalized spacial score (nSPS) is 13.1. The lowest BCUT2D eigenvalue weighted by molar-refractivity contribution is 0.477. The highest BCUT2D eigenvalue weighted by Crippen LogP contribution is 2.23. The van der Waals surface area contributed by atoms with E-state index >= 15 is 0 Å². The van der Waals surface area contributed by atoms with E-state index in [4.69, 9.17) is 0 Å². The van der Waals surface area contributed by atoms with E-state index in [1.165, 1.54) is 83.5 Å². The molecule has 1 atom stereocenters. The van der Waals surface area contributed by atoms with Gasteiger partial charge in [0.15, 0.2) is 0 Å². The van der Waals surface area contributed by atoms with Crippen molar-refractivity contribution in [3.05, 3.63) is 5.92 Å². The molecule has 0 aromatic rings. The number of rotatable bonds is 14. The Kier molecular flexibility index (Phi) is 14.4. The van der Waals surface area contributed by atoms with Gasteiger partial charge in [-0.15, -0.1) is 0 Å². The zero-order valence-electron chi connectivity index (χ0n) is 14.3. The van der Waals surface area contributed by atoms with E-state index in [0.29, 0.717) is 0 Å². The Labute approximate surface area is 123 Å². The summed E-state index contributed by atoms with van der Waals surface area (Å²) in [5, 5.41) is 0. The van der Waals surface area contributed by atoms with Gasteiger partial charge in [0.05, 0.1) is 0 Å². The molecule has 1 unspecified atom stereocenters. The highest BCUT2D eigenvalue weighted by atomic mass is 14.1. The first-order valence-electron chi connectivity index (χ1n) is 9.04. The van der Waals surface area contributed by atoms with Crippen LogP contribution in [0.25, 0.3) is 0 Å². The smallest absolute Gasteiger partial charge is 0.0246 e. The summed E-state index contributed by atoms with van der Waals surface area (Å²) in [6.07, 6.45) is 18.7. The molecule has 0 rings (SSSR count). The minimum absolute atomic E-state index is 0.851. The zero-order chi connectivity index (χ0) is 14.3. The van der Waals surface area contributed by atoms with Crippen molar-refractivity contribution >= 4 is 0 Å². The summed E-state index contributed by atoms with van der Waals surface area (Å²) in [5.74, 6) is 2.54. The van der Waals surface area contributed by atoms with Gasteiger partial charge in [0.2, 0.25) is 0 Å². The molecule has 0 nitrogen and oxygen atoms in total. The summed E-state index contributed by atoms with van der Waals surface area (Å²) < 4.78 is 0. The number of hydrogen-bond donors (Lipinski definition) is 0. The second kappa shape index (κ2) is 14.4. The lowest BCUT2D eigenvalue weighted by atomic mass is 9.89. The van der Waals surface area contributed by atoms with Gasteiger partial charge in [0.1, 0.15) is 0 Å². The topological polar surface area (TPSA) is 0 Å². The van der Waals surface area contributed by atoms with E-state index < -0.39 is 0 Å². The minimum Gasteiger partial charge on any atom is -0.0654 e. The molecule has 0 aromatic heterocycles. The van der Waals surface area contributed by atoms with Crippen LogP contribution in [0, 0.1) is 11.8 Å². The summed E-state index contributed by atoms with van der Waals surface area (Å²) in [5.41, 5.74) is 0. The Balaban J connectivity index is 3.10. The van der Waals surface area contributed by atoms with Gasteiger partial charge in [-0.25, -0.2) is 0 Å². The number of unbranched alkanes of at least 4 members (excludes halogenated alkanes) is 10. The third-order valence-electron chi connectivity index (χ3n) is 4.64. The first-order chi connectivity index (χ1) is 9.22. The molecule has 0 heterocycles. The molecule has 0 fully saturated rings. The standard InChI is InChI=1S/C19H39/c1-5-7-8-9-10-11-12-13-14-15-16-17-19(4)18(3)6-2/h19H,5-17H2,1-4H3. The predicted molar refractivity (Wildman–Crippen MR) is 89.5 cm³/mol. The molecule has 0 saturated carbocycles. The van der Waals surface area contributed by atoms with E-state index in [2.05, 4.69) is 27.7 Å². The molecular weight excluding hydrogens is 228 g/mol. The van der Waals surface area contributed by atoms with Crippen LogP contribution in [-0.2, 0) is 0 Å². The first-order valence-corrected chi connectivity index (χ1v) is 9.04. The molecule has 0 heteroatoms. The van der Waals surface area contributed by atoms with Crippen molar-refractivity contribution < 1.29 is 0 Å². The van der Waals surface area contributed by atoms with Crippen molar-refractivity contribution in [2.45, 2.75) is 111 Å². The van der Waals surface area contributed by atoms with Crippen molar-refractivity contribution in [1.82, 2.24) is 0 Å². The van der Waals surface area contributed by atoms with Crippen molar-refractivity contribution in [2.24, 2.45) is 5.92 Å². The molecule has 19 heavy (non-hydrogen) atoms. The van der Waals surface area contributed by atoms with E-state index in [0.717, 1.165) is 5.92 Å². The lowest BCUT2D eigenvalue weighted by Gasteiger charge is -2.17. The summed E-state index contributed by atoms with van der Waals surface area (Å²) in [6.45, 7) is 9.30. The van der Waals surface area contributed by atoms with E-state index in [9.17, 15) is 0 Å². The Morgan fingerprint density at radius 1 is 0.684 bits per heavy atom. The molecule has 0 aliphatic heterocycles. The van der Waals surface area contributed by atoms with Gasteiger partial charge in [0, 0.05) is 0 Å². The van der Waals surface area contributed by atoms with E-state index in [1.54, 1.807) is 5.92 Å². The summed E-state index contributed by atoms with van der Waals surface area (Å²) in [4.78, 5) is 0. The first kappa shape index (κ1) is 19.0. The average Bonchev–Trinajstić information content (AvgIpc) is 2.43. The minimum atomic E-state index is 0.851. The van der Waals surface area contributed by atoms with Crippen LogP contribution >= 0.6 is 0 Å². The second-order valence-corrected chi connectivity index (χ2v) is 6.43. The van der Waals surface area contributed by atoms with Crippen LogP contribution in [0.4, 0.5) is 0 Å². The fourth-order valence-electron chi connectivity index (χ4n) is 2.71. The Bertz CT molecular complexity index is 161. The van der Waals surface area contributed by atoms with Gasteiger partial charge >= 0.3 is 0 Å². The molecule has 0 saturated heterocycles. The SMILES string of the molecule is CCCCCCCCCCCCCC(C)[C](C)CC. The molecular formula is C19H39. The van der Waals surface area contributed by atoms with Gasteiger partial charge in [-0.3, -0.25) is 0 Å². The van der Waals surface area contributed by atoms with Gasteiger partial charge in [0.25, 0.3) is 0 Å². The molecule has 115 valence electrons. The monoisotopic (exact) mass is 267 g/mol. The van der Waals surface area contributed by atoms with E-state index in [1.807, 2.05) is 0 Å². The van der Waals surface area contributed by atoms with Crippen LogP contribution in [0.15, 0.2) is 0 Å². The van der Waals surface area contributed by atoms with Crippen LogP contribution in [0.1, 0.15) is 111 Å². The largest absolute Gasteiger partial charge is 0.0654 e.